The SMILES string of the molecule is c1ccc(-c2cccc(-c3ccc(N(c4ccc(-c5ccc6oc7c(-c8ccccc8)cccc7c6c5)cc4)c4ccc(-c5cc6ccccc6c6ccccc56)cc4)cc3)c2)cc1. The molecule has 0 aliphatic carbocycles. The molecule has 11 aromatic carbocycles. The van der Waals surface area contributed by atoms with E-state index >= 15 is 0 Å². The van der Waals surface area contributed by atoms with Crippen molar-refractivity contribution in [1.82, 2.24) is 0 Å². The van der Waals surface area contributed by atoms with E-state index in [4.69, 9.17) is 4.42 Å². The van der Waals surface area contributed by atoms with E-state index in [1.165, 1.54) is 54.9 Å². The molecule has 0 aliphatic heterocycles. The first-order chi connectivity index (χ1) is 31.7. The first-order valence-corrected chi connectivity index (χ1v) is 21.9. The number of benzene rings is 11. The van der Waals surface area contributed by atoms with Crippen molar-refractivity contribution < 1.29 is 4.42 Å². The normalized spacial score (nSPS) is 11.4. The highest BCUT2D eigenvalue weighted by atomic mass is 16.3. The van der Waals surface area contributed by atoms with Crippen LogP contribution in [0.2, 0.25) is 0 Å². The molecule has 0 N–H and O–H groups in total. The van der Waals surface area contributed by atoms with Crippen LogP contribution in [0.1, 0.15) is 0 Å². The molecule has 64 heavy (non-hydrogen) atoms. The zero-order valence-electron chi connectivity index (χ0n) is 35.0. The van der Waals surface area contributed by atoms with Crippen molar-refractivity contribution in [3.05, 3.63) is 249 Å². The number of rotatable bonds is 8. The van der Waals surface area contributed by atoms with Gasteiger partial charge in [0.15, 0.2) is 0 Å². The maximum atomic E-state index is 6.51. The van der Waals surface area contributed by atoms with Crippen molar-refractivity contribution >= 4 is 60.5 Å². The third-order valence-electron chi connectivity index (χ3n) is 12.7. The van der Waals surface area contributed by atoms with Gasteiger partial charge < -0.3 is 9.32 Å². The molecule has 0 aliphatic rings. The molecular weight excluding hydrogens is 775 g/mol. The maximum Gasteiger partial charge on any atom is 0.143 e. The molecule has 0 atom stereocenters. The van der Waals surface area contributed by atoms with Crippen LogP contribution in [0.15, 0.2) is 253 Å². The van der Waals surface area contributed by atoms with Crippen molar-refractivity contribution in [2.24, 2.45) is 0 Å². The van der Waals surface area contributed by atoms with E-state index in [1.807, 2.05) is 6.07 Å². The summed E-state index contributed by atoms with van der Waals surface area (Å²) in [5.74, 6) is 0. The summed E-state index contributed by atoms with van der Waals surface area (Å²) in [6.45, 7) is 0. The van der Waals surface area contributed by atoms with Gasteiger partial charge in [0.1, 0.15) is 11.2 Å². The van der Waals surface area contributed by atoms with Crippen LogP contribution in [0.5, 0.6) is 0 Å². The smallest absolute Gasteiger partial charge is 0.143 e. The molecule has 0 spiro atoms. The zero-order valence-corrected chi connectivity index (χ0v) is 35.0. The monoisotopic (exact) mass is 815 g/mol. The Morgan fingerprint density at radius 3 is 1.36 bits per heavy atom. The van der Waals surface area contributed by atoms with E-state index in [9.17, 15) is 0 Å². The minimum absolute atomic E-state index is 0.889. The van der Waals surface area contributed by atoms with Gasteiger partial charge in [0, 0.05) is 33.4 Å². The molecule has 0 radical (unpaired) electrons. The van der Waals surface area contributed by atoms with Gasteiger partial charge in [-0.25, -0.2) is 0 Å². The van der Waals surface area contributed by atoms with Gasteiger partial charge in [0.25, 0.3) is 0 Å². The van der Waals surface area contributed by atoms with Crippen molar-refractivity contribution in [2.45, 2.75) is 0 Å². The Hall–Kier alpha value is -8.46. The number of hydrogen-bond acceptors (Lipinski definition) is 2. The molecule has 0 unspecified atom stereocenters. The number of para-hydroxylation sites is 1. The van der Waals surface area contributed by atoms with Gasteiger partial charge in [-0.1, -0.05) is 188 Å². The Balaban J connectivity index is 0.924. The quantitative estimate of drug-likeness (QED) is 0.142. The number of anilines is 3. The fourth-order valence-electron chi connectivity index (χ4n) is 9.47. The molecule has 0 saturated carbocycles. The van der Waals surface area contributed by atoms with E-state index < -0.39 is 0 Å². The zero-order chi connectivity index (χ0) is 42.4. The second kappa shape index (κ2) is 15.8. The molecule has 1 aromatic heterocycles. The van der Waals surface area contributed by atoms with E-state index in [1.54, 1.807) is 0 Å². The third kappa shape index (κ3) is 6.70. The van der Waals surface area contributed by atoms with Gasteiger partial charge in [0.05, 0.1) is 0 Å². The summed E-state index contributed by atoms with van der Waals surface area (Å²) in [5, 5.41) is 7.28. The minimum atomic E-state index is 0.889. The summed E-state index contributed by atoms with van der Waals surface area (Å²) in [7, 11) is 0. The van der Waals surface area contributed by atoms with Gasteiger partial charge in [-0.15, -0.1) is 0 Å². The highest BCUT2D eigenvalue weighted by Gasteiger charge is 2.17. The van der Waals surface area contributed by atoms with Crippen molar-refractivity contribution in [2.75, 3.05) is 4.90 Å². The lowest BCUT2D eigenvalue weighted by molar-refractivity contribution is 0.670. The fraction of sp³-hybridized carbons (Fsp3) is 0. The summed E-state index contributed by atoms with van der Waals surface area (Å²) < 4.78 is 6.51. The van der Waals surface area contributed by atoms with E-state index in [2.05, 4.69) is 248 Å². The topological polar surface area (TPSA) is 16.4 Å². The number of fused-ring (bicyclic) bond motifs is 6. The standard InChI is InChI=1S/C62H41NO/c1-3-13-42(14-4-1)47-18-11-19-48(39-47)43-25-32-51(33-26-43)63(53-36-29-46(30-37-53)59-41-50-17-7-8-20-54(50)56-21-9-10-22-57(56)59)52-34-27-44(28-35-52)49-31-38-61-60(40-49)58-24-12-23-55(62(58)64-61)45-15-5-2-6-16-45/h1-41H. The van der Waals surface area contributed by atoms with Crippen LogP contribution >= 0.6 is 0 Å². The second-order valence-corrected chi connectivity index (χ2v) is 16.5. The lowest BCUT2D eigenvalue weighted by Crippen LogP contribution is -2.09. The number of hydrogen-bond donors (Lipinski definition) is 0. The summed E-state index contributed by atoms with van der Waals surface area (Å²) >= 11 is 0. The first kappa shape index (κ1) is 37.3. The summed E-state index contributed by atoms with van der Waals surface area (Å²) in [4.78, 5) is 2.36. The fourth-order valence-corrected chi connectivity index (χ4v) is 9.47. The van der Waals surface area contributed by atoms with Gasteiger partial charge in [0.2, 0.25) is 0 Å². The third-order valence-corrected chi connectivity index (χ3v) is 12.7. The highest BCUT2D eigenvalue weighted by molar-refractivity contribution is 6.14. The van der Waals surface area contributed by atoms with Gasteiger partial charge in [-0.3, -0.25) is 0 Å². The molecule has 1 heterocycles. The van der Waals surface area contributed by atoms with Crippen LogP contribution in [0.25, 0.3) is 99.1 Å². The minimum Gasteiger partial charge on any atom is -0.455 e. The van der Waals surface area contributed by atoms with Crippen LogP contribution in [-0.4, -0.2) is 0 Å². The molecule has 0 fully saturated rings. The number of furan rings is 1. The Bertz CT molecular complexity index is 3630. The predicted octanol–water partition coefficient (Wildman–Crippen LogP) is 17.7. The summed E-state index contributed by atoms with van der Waals surface area (Å²) in [6, 6.07) is 89.5. The summed E-state index contributed by atoms with van der Waals surface area (Å²) in [6.07, 6.45) is 0. The summed E-state index contributed by atoms with van der Waals surface area (Å²) in [5.41, 5.74) is 16.8. The average Bonchev–Trinajstić information content (AvgIpc) is 3.76. The van der Waals surface area contributed by atoms with E-state index in [-0.39, 0.29) is 0 Å². The van der Waals surface area contributed by atoms with Crippen LogP contribution in [0, 0.1) is 0 Å². The molecule has 0 saturated heterocycles. The average molecular weight is 816 g/mol. The molecule has 2 nitrogen and oxygen atoms in total. The number of nitrogens with zero attached hydrogens (tertiary/aromatic N) is 1. The Labute approximate surface area is 372 Å². The van der Waals surface area contributed by atoms with E-state index in [0.717, 1.165) is 61.3 Å². The Morgan fingerprint density at radius 2 is 0.703 bits per heavy atom. The van der Waals surface area contributed by atoms with E-state index in [0.29, 0.717) is 0 Å². The molecular formula is C62H41NO. The van der Waals surface area contributed by atoms with Crippen LogP contribution in [0.4, 0.5) is 17.1 Å². The predicted molar refractivity (Wildman–Crippen MR) is 271 cm³/mol. The van der Waals surface area contributed by atoms with Gasteiger partial charge in [-0.05, 0) is 132 Å². The lowest BCUT2D eigenvalue weighted by Gasteiger charge is -2.26. The first-order valence-electron chi connectivity index (χ1n) is 21.9. The lowest BCUT2D eigenvalue weighted by atomic mass is 9.93. The Morgan fingerprint density at radius 1 is 0.250 bits per heavy atom. The van der Waals surface area contributed by atoms with Crippen LogP contribution < -0.4 is 4.90 Å². The Kier molecular flexibility index (Phi) is 9.20. The van der Waals surface area contributed by atoms with Gasteiger partial charge in [-0.2, -0.15) is 0 Å². The highest BCUT2D eigenvalue weighted by Crippen LogP contribution is 2.42. The van der Waals surface area contributed by atoms with Crippen molar-refractivity contribution in [3.63, 3.8) is 0 Å². The largest absolute Gasteiger partial charge is 0.455 e. The molecule has 2 heteroatoms. The van der Waals surface area contributed by atoms with Gasteiger partial charge >= 0.3 is 0 Å². The molecule has 12 aromatic rings. The van der Waals surface area contributed by atoms with Crippen molar-refractivity contribution in [1.29, 1.82) is 0 Å². The van der Waals surface area contributed by atoms with Crippen molar-refractivity contribution in [3.8, 4) is 55.6 Å². The second-order valence-electron chi connectivity index (χ2n) is 16.5. The molecule has 12 rings (SSSR count). The molecule has 0 amide bonds. The molecule has 0 bridgehead atoms. The van der Waals surface area contributed by atoms with Crippen LogP contribution in [0.3, 0.4) is 0 Å². The molecule has 300 valence electrons. The van der Waals surface area contributed by atoms with Crippen LogP contribution in [-0.2, 0) is 0 Å². The maximum absolute atomic E-state index is 6.51.